The first kappa shape index (κ1) is 18.2. The third-order valence-electron chi connectivity index (χ3n) is 5.05. The summed E-state index contributed by atoms with van der Waals surface area (Å²) in [6.07, 6.45) is 3.27. The van der Waals surface area contributed by atoms with Crippen LogP contribution in [0, 0.1) is 5.92 Å². The van der Waals surface area contributed by atoms with E-state index in [1.807, 2.05) is 42.5 Å². The fourth-order valence-electron chi connectivity index (χ4n) is 3.50. The smallest absolute Gasteiger partial charge is 0.257 e. The summed E-state index contributed by atoms with van der Waals surface area (Å²) >= 11 is 0. The molecule has 1 amide bonds. The number of para-hydroxylation sites is 2. The lowest BCUT2D eigenvalue weighted by atomic mass is 9.96. The molecule has 3 aromatic rings. The molecule has 0 bridgehead atoms. The molecule has 1 aliphatic heterocycles. The molecule has 7 heteroatoms. The van der Waals surface area contributed by atoms with Gasteiger partial charge in [-0.15, -0.1) is 0 Å². The van der Waals surface area contributed by atoms with E-state index in [-0.39, 0.29) is 11.8 Å². The Labute approximate surface area is 163 Å². The van der Waals surface area contributed by atoms with Crippen LogP contribution in [0.1, 0.15) is 18.5 Å². The van der Waals surface area contributed by atoms with Crippen LogP contribution in [-0.4, -0.2) is 41.1 Å². The lowest BCUT2D eigenvalue weighted by molar-refractivity contribution is -0.125. The number of amides is 1. The van der Waals surface area contributed by atoms with Gasteiger partial charge in [0.1, 0.15) is 0 Å². The predicted molar refractivity (Wildman–Crippen MR) is 107 cm³/mol. The van der Waals surface area contributed by atoms with Crippen LogP contribution >= 0.6 is 0 Å². The summed E-state index contributed by atoms with van der Waals surface area (Å²) < 4.78 is 5.47. The van der Waals surface area contributed by atoms with Gasteiger partial charge < -0.3 is 15.0 Å². The van der Waals surface area contributed by atoms with Crippen LogP contribution in [0.15, 0.2) is 48.7 Å². The summed E-state index contributed by atoms with van der Waals surface area (Å²) in [5, 5.41) is 3.00. The molecule has 0 atom stereocenters. The van der Waals surface area contributed by atoms with Gasteiger partial charge in [0.2, 0.25) is 5.91 Å². The number of carbonyl (C=O) groups excluding carboxylic acids is 1. The van der Waals surface area contributed by atoms with Crippen molar-refractivity contribution in [2.75, 3.05) is 25.1 Å². The number of ether oxygens (including phenoxy) is 1. The fraction of sp³-hybridized carbons (Fsp3) is 0.333. The maximum Gasteiger partial charge on any atom is 0.257 e. The third-order valence-corrected chi connectivity index (χ3v) is 5.05. The Kier molecular flexibility index (Phi) is 5.32. The fourth-order valence-corrected chi connectivity index (χ4v) is 3.50. The van der Waals surface area contributed by atoms with Crippen molar-refractivity contribution in [3.05, 3.63) is 54.4 Å². The van der Waals surface area contributed by atoms with Gasteiger partial charge in [-0.25, -0.2) is 9.97 Å². The van der Waals surface area contributed by atoms with E-state index in [1.54, 1.807) is 13.3 Å². The SMILES string of the molecule is COc1nc2ccccc2nc1N1CCC(C(=O)NCc2ccccn2)CC1. The number of fused-ring (bicyclic) bond motifs is 1. The molecule has 144 valence electrons. The minimum absolute atomic E-state index is 0.000581. The van der Waals surface area contributed by atoms with E-state index in [2.05, 4.69) is 20.2 Å². The maximum absolute atomic E-state index is 12.5. The van der Waals surface area contributed by atoms with Crippen LogP contribution in [0.4, 0.5) is 5.82 Å². The number of methoxy groups -OCH3 is 1. The molecule has 1 N–H and O–H groups in total. The van der Waals surface area contributed by atoms with Gasteiger partial charge in [-0.05, 0) is 37.1 Å². The Morgan fingerprint density at radius 3 is 2.50 bits per heavy atom. The van der Waals surface area contributed by atoms with Gasteiger partial charge in [0, 0.05) is 25.2 Å². The molecule has 0 saturated carbocycles. The number of nitrogens with zero attached hydrogens (tertiary/aromatic N) is 4. The molecule has 28 heavy (non-hydrogen) atoms. The average Bonchev–Trinajstić information content (AvgIpc) is 2.77. The second-order valence-electron chi connectivity index (χ2n) is 6.85. The summed E-state index contributed by atoms with van der Waals surface area (Å²) in [5.41, 5.74) is 2.52. The number of benzene rings is 1. The van der Waals surface area contributed by atoms with E-state index in [4.69, 9.17) is 9.72 Å². The molecule has 7 nitrogen and oxygen atoms in total. The second kappa shape index (κ2) is 8.21. The molecule has 1 saturated heterocycles. The third kappa shape index (κ3) is 3.88. The average molecular weight is 377 g/mol. The number of piperidine rings is 1. The zero-order chi connectivity index (χ0) is 19.3. The Hall–Kier alpha value is -3.22. The van der Waals surface area contributed by atoms with Gasteiger partial charge in [0.15, 0.2) is 5.82 Å². The molecule has 1 aromatic carbocycles. The summed E-state index contributed by atoms with van der Waals surface area (Å²) in [6.45, 7) is 1.94. The number of pyridine rings is 1. The highest BCUT2D eigenvalue weighted by Crippen LogP contribution is 2.30. The minimum atomic E-state index is -0.000581. The van der Waals surface area contributed by atoms with E-state index >= 15 is 0 Å². The van der Waals surface area contributed by atoms with Crippen LogP contribution in [-0.2, 0) is 11.3 Å². The van der Waals surface area contributed by atoms with E-state index in [0.29, 0.717) is 12.4 Å². The van der Waals surface area contributed by atoms with E-state index in [1.165, 1.54) is 0 Å². The standard InChI is InChI=1S/C21H23N5O2/c1-28-21-19(24-17-7-2-3-8-18(17)25-21)26-12-9-15(10-13-26)20(27)23-14-16-6-4-5-11-22-16/h2-8,11,15H,9-10,12-14H2,1H3,(H,23,27). The van der Waals surface area contributed by atoms with Crippen molar-refractivity contribution in [3.63, 3.8) is 0 Å². The molecule has 0 radical (unpaired) electrons. The van der Waals surface area contributed by atoms with Crippen LogP contribution in [0.25, 0.3) is 11.0 Å². The summed E-state index contributed by atoms with van der Waals surface area (Å²) in [6, 6.07) is 13.5. The Morgan fingerprint density at radius 1 is 1.11 bits per heavy atom. The van der Waals surface area contributed by atoms with Crippen molar-refractivity contribution in [1.82, 2.24) is 20.3 Å². The lowest BCUT2D eigenvalue weighted by Crippen LogP contribution is -2.41. The van der Waals surface area contributed by atoms with Crippen LogP contribution in [0.3, 0.4) is 0 Å². The number of hydrogen-bond acceptors (Lipinski definition) is 6. The van der Waals surface area contributed by atoms with Gasteiger partial charge in [-0.3, -0.25) is 9.78 Å². The number of carbonyl (C=O) groups is 1. The first-order valence-electron chi connectivity index (χ1n) is 9.48. The molecule has 0 unspecified atom stereocenters. The number of rotatable bonds is 5. The van der Waals surface area contributed by atoms with Gasteiger partial charge in [-0.1, -0.05) is 18.2 Å². The Balaban J connectivity index is 1.40. The van der Waals surface area contributed by atoms with Crippen molar-refractivity contribution in [2.45, 2.75) is 19.4 Å². The highest BCUT2D eigenvalue weighted by atomic mass is 16.5. The van der Waals surface area contributed by atoms with E-state index < -0.39 is 0 Å². The van der Waals surface area contributed by atoms with Gasteiger partial charge in [-0.2, -0.15) is 0 Å². The van der Waals surface area contributed by atoms with Gasteiger partial charge in [0.25, 0.3) is 5.88 Å². The predicted octanol–water partition coefficient (Wildman–Crippen LogP) is 2.57. The van der Waals surface area contributed by atoms with Crippen LogP contribution < -0.4 is 15.0 Å². The molecule has 0 spiro atoms. The minimum Gasteiger partial charge on any atom is -0.478 e. The largest absolute Gasteiger partial charge is 0.478 e. The molecule has 1 fully saturated rings. The number of nitrogens with one attached hydrogen (secondary N) is 1. The second-order valence-corrected chi connectivity index (χ2v) is 6.85. The van der Waals surface area contributed by atoms with Crippen molar-refractivity contribution in [3.8, 4) is 5.88 Å². The summed E-state index contributed by atoms with van der Waals surface area (Å²) in [5.74, 6) is 1.35. The topological polar surface area (TPSA) is 80.2 Å². The van der Waals surface area contributed by atoms with Crippen molar-refractivity contribution in [2.24, 2.45) is 5.92 Å². The van der Waals surface area contributed by atoms with Crippen molar-refractivity contribution >= 4 is 22.8 Å². The number of aromatic nitrogens is 3. The molecular formula is C21H23N5O2. The Bertz CT molecular complexity index is 955. The van der Waals surface area contributed by atoms with Crippen LogP contribution in [0.2, 0.25) is 0 Å². The summed E-state index contributed by atoms with van der Waals surface area (Å²) in [7, 11) is 1.61. The first-order valence-corrected chi connectivity index (χ1v) is 9.48. The van der Waals surface area contributed by atoms with E-state index in [9.17, 15) is 4.79 Å². The highest BCUT2D eigenvalue weighted by Gasteiger charge is 2.27. The zero-order valence-electron chi connectivity index (χ0n) is 15.8. The van der Waals surface area contributed by atoms with E-state index in [0.717, 1.165) is 48.5 Å². The highest BCUT2D eigenvalue weighted by molar-refractivity contribution is 5.79. The number of anilines is 1. The van der Waals surface area contributed by atoms with Crippen LogP contribution in [0.5, 0.6) is 5.88 Å². The lowest BCUT2D eigenvalue weighted by Gasteiger charge is -2.32. The van der Waals surface area contributed by atoms with Crippen molar-refractivity contribution < 1.29 is 9.53 Å². The molecular weight excluding hydrogens is 354 g/mol. The monoisotopic (exact) mass is 377 g/mol. The normalized spacial score (nSPS) is 14.8. The molecule has 0 aliphatic carbocycles. The maximum atomic E-state index is 12.5. The number of hydrogen-bond donors (Lipinski definition) is 1. The summed E-state index contributed by atoms with van der Waals surface area (Å²) in [4.78, 5) is 28.2. The quantitative estimate of drug-likeness (QED) is 0.736. The van der Waals surface area contributed by atoms with Gasteiger partial charge in [0.05, 0.1) is 30.4 Å². The molecule has 2 aromatic heterocycles. The van der Waals surface area contributed by atoms with Gasteiger partial charge >= 0.3 is 0 Å². The first-order chi connectivity index (χ1) is 13.7. The van der Waals surface area contributed by atoms with Crippen molar-refractivity contribution in [1.29, 1.82) is 0 Å². The molecule has 1 aliphatic rings. The zero-order valence-corrected chi connectivity index (χ0v) is 15.8. The molecule has 4 rings (SSSR count). The Morgan fingerprint density at radius 2 is 1.82 bits per heavy atom. The molecule has 3 heterocycles.